The Kier molecular flexibility index (Phi) is 7.37. The van der Waals surface area contributed by atoms with Gasteiger partial charge in [0.15, 0.2) is 0 Å². The fourth-order valence-electron chi connectivity index (χ4n) is 8.01. The van der Waals surface area contributed by atoms with E-state index in [-0.39, 0.29) is 23.8 Å². The summed E-state index contributed by atoms with van der Waals surface area (Å²) in [6.45, 7) is 4.38. The molecule has 4 bridgehead atoms. The highest BCUT2D eigenvalue weighted by atomic mass is 16.5. The van der Waals surface area contributed by atoms with Crippen molar-refractivity contribution in [3.05, 3.63) is 59.9 Å². The Balaban J connectivity index is 0.940. The molecule has 7 rings (SSSR count). The summed E-state index contributed by atoms with van der Waals surface area (Å²) in [7, 11) is 0. The Morgan fingerprint density at radius 2 is 1.66 bits per heavy atom. The van der Waals surface area contributed by atoms with Crippen LogP contribution < -0.4 is 10.1 Å². The second-order valence-corrected chi connectivity index (χ2v) is 12.3. The molecule has 2 heterocycles. The maximum Gasteiger partial charge on any atom is 0.242 e. The first-order chi connectivity index (χ1) is 18.5. The Morgan fingerprint density at radius 1 is 0.947 bits per heavy atom. The molecule has 7 heteroatoms. The maximum atomic E-state index is 12.9. The molecule has 0 radical (unpaired) electrons. The third-order valence-corrected chi connectivity index (χ3v) is 9.35. The number of hydrogen-bond donors (Lipinski definition) is 1. The molecule has 7 nitrogen and oxygen atoms in total. The number of pyridine rings is 1. The lowest BCUT2D eigenvalue weighted by Crippen LogP contribution is -2.51. The van der Waals surface area contributed by atoms with Gasteiger partial charge in [0.25, 0.3) is 0 Å². The number of carbonyl (C=O) groups is 2. The lowest BCUT2D eigenvalue weighted by atomic mass is 9.49. The summed E-state index contributed by atoms with van der Waals surface area (Å²) in [6.07, 6.45) is 12.0. The van der Waals surface area contributed by atoms with Crippen molar-refractivity contribution in [2.75, 3.05) is 32.7 Å². The summed E-state index contributed by atoms with van der Waals surface area (Å²) >= 11 is 0. The van der Waals surface area contributed by atoms with E-state index in [1.54, 1.807) is 6.20 Å². The normalized spacial score (nSPS) is 28.3. The number of para-hydroxylation sites is 1. The fourth-order valence-corrected chi connectivity index (χ4v) is 8.01. The van der Waals surface area contributed by atoms with Gasteiger partial charge >= 0.3 is 0 Å². The maximum absolute atomic E-state index is 12.9. The SMILES string of the molecule is O=C(CC12CC3CC(CC(C3)C1)C2)NCC(=O)N1CCN(Cc2ccccc2OCc2cccnc2)CC1. The second-order valence-electron chi connectivity index (χ2n) is 12.3. The molecule has 38 heavy (non-hydrogen) atoms. The number of nitrogens with zero attached hydrogens (tertiary/aromatic N) is 3. The van der Waals surface area contributed by atoms with Crippen LogP contribution in [0.2, 0.25) is 0 Å². The van der Waals surface area contributed by atoms with Gasteiger partial charge in [-0.05, 0) is 73.8 Å². The van der Waals surface area contributed by atoms with Crippen molar-refractivity contribution in [1.29, 1.82) is 0 Å². The Morgan fingerprint density at radius 3 is 2.34 bits per heavy atom. The van der Waals surface area contributed by atoms with E-state index in [9.17, 15) is 9.59 Å². The van der Waals surface area contributed by atoms with Crippen LogP contribution in [0.25, 0.3) is 0 Å². The second kappa shape index (κ2) is 11.0. The van der Waals surface area contributed by atoms with Gasteiger partial charge < -0.3 is 15.0 Å². The lowest BCUT2D eigenvalue weighted by Gasteiger charge is -2.56. The molecule has 5 aliphatic rings. The summed E-state index contributed by atoms with van der Waals surface area (Å²) in [4.78, 5) is 34.1. The van der Waals surface area contributed by atoms with Crippen LogP contribution in [0, 0.1) is 23.2 Å². The highest BCUT2D eigenvalue weighted by Crippen LogP contribution is 2.61. The number of rotatable bonds is 9. The molecule has 0 unspecified atom stereocenters. The molecule has 4 aliphatic carbocycles. The quantitative estimate of drug-likeness (QED) is 0.545. The van der Waals surface area contributed by atoms with Crippen molar-refractivity contribution in [1.82, 2.24) is 20.1 Å². The minimum atomic E-state index is 0.0312. The number of amides is 2. The molecule has 202 valence electrons. The van der Waals surface area contributed by atoms with E-state index >= 15 is 0 Å². The predicted molar refractivity (Wildman–Crippen MR) is 145 cm³/mol. The van der Waals surface area contributed by atoms with Crippen LogP contribution in [0.4, 0.5) is 0 Å². The van der Waals surface area contributed by atoms with Gasteiger partial charge in [-0.25, -0.2) is 0 Å². The van der Waals surface area contributed by atoms with Gasteiger partial charge in [0.2, 0.25) is 11.8 Å². The fraction of sp³-hybridized carbons (Fsp3) is 0.581. The zero-order chi connectivity index (χ0) is 26.0. The van der Waals surface area contributed by atoms with E-state index in [1.165, 1.54) is 38.5 Å². The van der Waals surface area contributed by atoms with E-state index in [1.807, 2.05) is 41.4 Å². The molecule has 2 amide bonds. The molecule has 1 aromatic heterocycles. The summed E-state index contributed by atoms with van der Waals surface area (Å²) in [5.74, 6) is 3.51. The van der Waals surface area contributed by atoms with E-state index in [0.29, 0.717) is 26.1 Å². The number of piperazine rings is 1. The van der Waals surface area contributed by atoms with Crippen molar-refractivity contribution in [2.24, 2.45) is 23.2 Å². The van der Waals surface area contributed by atoms with Gasteiger partial charge in [-0.1, -0.05) is 24.3 Å². The first-order valence-electron chi connectivity index (χ1n) is 14.4. The van der Waals surface area contributed by atoms with E-state index in [4.69, 9.17) is 4.74 Å². The van der Waals surface area contributed by atoms with E-state index in [0.717, 1.165) is 54.3 Å². The highest BCUT2D eigenvalue weighted by Gasteiger charge is 2.51. The average Bonchev–Trinajstić information content (AvgIpc) is 2.91. The number of benzene rings is 1. The van der Waals surface area contributed by atoms with Gasteiger partial charge in [-0.15, -0.1) is 0 Å². The van der Waals surface area contributed by atoms with Crippen molar-refractivity contribution < 1.29 is 14.3 Å². The van der Waals surface area contributed by atoms with Crippen LogP contribution in [0.3, 0.4) is 0 Å². The van der Waals surface area contributed by atoms with Crippen LogP contribution in [0.15, 0.2) is 48.8 Å². The average molecular weight is 517 g/mol. The predicted octanol–water partition coefficient (Wildman–Crippen LogP) is 4.03. The van der Waals surface area contributed by atoms with Crippen molar-refractivity contribution in [3.8, 4) is 5.75 Å². The van der Waals surface area contributed by atoms with E-state index < -0.39 is 0 Å². The van der Waals surface area contributed by atoms with Gasteiger partial charge in [0.1, 0.15) is 12.4 Å². The molecule has 0 spiro atoms. The van der Waals surface area contributed by atoms with Crippen LogP contribution in [0.5, 0.6) is 5.75 Å². The van der Waals surface area contributed by atoms with Crippen LogP contribution in [0.1, 0.15) is 56.1 Å². The Hall–Kier alpha value is -2.93. The minimum absolute atomic E-state index is 0.0312. The van der Waals surface area contributed by atoms with Gasteiger partial charge in [0, 0.05) is 62.7 Å². The summed E-state index contributed by atoms with van der Waals surface area (Å²) < 4.78 is 6.09. The molecule has 0 atom stereocenters. The smallest absolute Gasteiger partial charge is 0.242 e. The summed E-state index contributed by atoms with van der Waals surface area (Å²) in [6, 6.07) is 12.1. The third kappa shape index (κ3) is 5.88. The topological polar surface area (TPSA) is 74.8 Å². The third-order valence-electron chi connectivity index (χ3n) is 9.35. The number of ether oxygens (including phenoxy) is 1. The molecular formula is C31H40N4O3. The van der Waals surface area contributed by atoms with Gasteiger partial charge in [0.05, 0.1) is 6.54 Å². The van der Waals surface area contributed by atoms with Gasteiger partial charge in [-0.3, -0.25) is 19.5 Å². The number of aromatic nitrogens is 1. The molecule has 1 aliphatic heterocycles. The zero-order valence-electron chi connectivity index (χ0n) is 22.3. The van der Waals surface area contributed by atoms with Gasteiger partial charge in [-0.2, -0.15) is 0 Å². The van der Waals surface area contributed by atoms with Crippen LogP contribution >= 0.6 is 0 Å². The zero-order valence-corrected chi connectivity index (χ0v) is 22.3. The first kappa shape index (κ1) is 25.4. The molecule has 1 N–H and O–H groups in total. The number of nitrogens with one attached hydrogen (secondary N) is 1. The number of carbonyl (C=O) groups excluding carboxylic acids is 2. The molecule has 4 saturated carbocycles. The molecule has 1 saturated heterocycles. The summed E-state index contributed by atoms with van der Waals surface area (Å²) in [5, 5.41) is 2.98. The summed E-state index contributed by atoms with van der Waals surface area (Å²) in [5.41, 5.74) is 2.40. The van der Waals surface area contributed by atoms with Crippen LogP contribution in [-0.4, -0.2) is 59.3 Å². The Bertz CT molecular complexity index is 1090. The standard InChI is InChI=1S/C31H40N4O3/c36-29(18-31-15-24-12-25(16-31)14-26(13-24)17-31)33-20-30(37)35-10-8-34(9-11-35)21-27-5-1-2-6-28(27)38-22-23-4-3-7-32-19-23/h1-7,19,24-26H,8-18,20-22H2,(H,33,36). The monoisotopic (exact) mass is 516 g/mol. The largest absolute Gasteiger partial charge is 0.489 e. The minimum Gasteiger partial charge on any atom is -0.489 e. The lowest BCUT2D eigenvalue weighted by molar-refractivity contribution is -0.136. The van der Waals surface area contributed by atoms with Crippen molar-refractivity contribution in [2.45, 2.75) is 58.1 Å². The Labute approximate surface area is 225 Å². The molecule has 2 aromatic rings. The highest BCUT2D eigenvalue weighted by molar-refractivity contribution is 5.85. The number of hydrogen-bond acceptors (Lipinski definition) is 5. The molecular weight excluding hydrogens is 476 g/mol. The van der Waals surface area contributed by atoms with E-state index in [2.05, 4.69) is 21.3 Å². The molecule has 1 aromatic carbocycles. The van der Waals surface area contributed by atoms with Crippen LogP contribution in [-0.2, 0) is 22.7 Å². The first-order valence-corrected chi connectivity index (χ1v) is 14.4. The van der Waals surface area contributed by atoms with Crippen molar-refractivity contribution in [3.63, 3.8) is 0 Å². The molecule has 5 fully saturated rings. The van der Waals surface area contributed by atoms with Crippen molar-refractivity contribution >= 4 is 11.8 Å².